The fraction of sp³-hybridized carbons (Fsp3) is 1.00. The second-order valence-corrected chi connectivity index (χ2v) is 4.16. The largest absolute Gasteiger partial charge is 0.403 e. The van der Waals surface area contributed by atoms with Crippen molar-refractivity contribution in [3.8, 4) is 0 Å². The first-order valence-corrected chi connectivity index (χ1v) is 4.94. The van der Waals surface area contributed by atoms with Crippen LogP contribution < -0.4 is 0 Å². The van der Waals surface area contributed by atoms with Crippen molar-refractivity contribution in [2.45, 2.75) is 44.1 Å². The molecule has 1 aliphatic rings. The topological polar surface area (TPSA) is 20.2 Å². The van der Waals surface area contributed by atoms with Gasteiger partial charge < -0.3 is 5.11 Å². The highest BCUT2D eigenvalue weighted by Gasteiger charge is 2.60. The Morgan fingerprint density at radius 3 is 1.69 bits per heavy atom. The Morgan fingerprint density at radius 2 is 1.44 bits per heavy atom. The summed E-state index contributed by atoms with van der Waals surface area (Å²) in [6.45, 7) is 0. The molecule has 0 aromatic carbocycles. The van der Waals surface area contributed by atoms with Gasteiger partial charge >= 0.3 is 12.4 Å². The van der Waals surface area contributed by atoms with Crippen LogP contribution in [-0.2, 0) is 0 Å². The molecule has 1 nitrogen and oxygen atoms in total. The molecule has 96 valence electrons. The van der Waals surface area contributed by atoms with E-state index in [0.29, 0.717) is 12.8 Å². The summed E-state index contributed by atoms with van der Waals surface area (Å²) in [4.78, 5) is 0. The van der Waals surface area contributed by atoms with Gasteiger partial charge in [0.25, 0.3) is 0 Å². The Balaban J connectivity index is 2.67. The molecule has 0 spiro atoms. The highest BCUT2D eigenvalue weighted by Crippen LogP contribution is 2.44. The van der Waals surface area contributed by atoms with Crippen LogP contribution in [0.15, 0.2) is 0 Å². The van der Waals surface area contributed by atoms with Crippen LogP contribution in [0.2, 0.25) is 0 Å². The van der Waals surface area contributed by atoms with Crippen molar-refractivity contribution in [1.82, 2.24) is 0 Å². The van der Waals surface area contributed by atoms with Crippen molar-refractivity contribution in [3.05, 3.63) is 0 Å². The molecule has 1 atom stereocenters. The normalized spacial score (nSPS) is 21.0. The smallest absolute Gasteiger partial charge is 0.392 e. The maximum atomic E-state index is 12.2. The highest BCUT2D eigenvalue weighted by atomic mass is 19.4. The predicted molar refractivity (Wildman–Crippen MR) is 43.6 cm³/mol. The van der Waals surface area contributed by atoms with Crippen LogP contribution in [0.3, 0.4) is 0 Å². The molecule has 7 heteroatoms. The van der Waals surface area contributed by atoms with E-state index < -0.39 is 30.8 Å². The quantitative estimate of drug-likeness (QED) is 0.762. The zero-order valence-corrected chi connectivity index (χ0v) is 8.28. The minimum Gasteiger partial charge on any atom is -0.392 e. The standard InChI is InChI=1S/C9H12F6O/c10-8(11,12)7(9(13,14)15)6(16)4-5-2-1-3-5/h5-7,16H,1-4H2. The van der Waals surface area contributed by atoms with E-state index in [9.17, 15) is 26.3 Å². The van der Waals surface area contributed by atoms with E-state index in [2.05, 4.69) is 0 Å². The van der Waals surface area contributed by atoms with Gasteiger partial charge in [-0.15, -0.1) is 0 Å². The van der Waals surface area contributed by atoms with Gasteiger partial charge in [-0.2, -0.15) is 26.3 Å². The van der Waals surface area contributed by atoms with Crippen molar-refractivity contribution >= 4 is 0 Å². The van der Waals surface area contributed by atoms with Crippen LogP contribution >= 0.6 is 0 Å². The number of hydrogen-bond donors (Lipinski definition) is 1. The van der Waals surface area contributed by atoms with Crippen molar-refractivity contribution in [1.29, 1.82) is 0 Å². The van der Waals surface area contributed by atoms with E-state index in [1.165, 1.54) is 0 Å². The SMILES string of the molecule is OC(CC1CCC1)C(C(F)(F)F)C(F)(F)F. The molecule has 1 saturated carbocycles. The van der Waals surface area contributed by atoms with Gasteiger partial charge in [0.2, 0.25) is 0 Å². The van der Waals surface area contributed by atoms with E-state index in [4.69, 9.17) is 5.11 Å². The number of hydrogen-bond acceptors (Lipinski definition) is 1. The van der Waals surface area contributed by atoms with Crippen molar-refractivity contribution in [3.63, 3.8) is 0 Å². The van der Waals surface area contributed by atoms with Crippen LogP contribution in [0.4, 0.5) is 26.3 Å². The molecule has 0 aromatic heterocycles. The molecule has 1 fully saturated rings. The average Bonchev–Trinajstić information content (AvgIpc) is 1.90. The zero-order valence-electron chi connectivity index (χ0n) is 8.28. The first kappa shape index (κ1) is 13.6. The molecule has 0 aromatic rings. The van der Waals surface area contributed by atoms with Gasteiger partial charge in [-0.3, -0.25) is 0 Å². The van der Waals surface area contributed by atoms with Crippen molar-refractivity contribution in [2.24, 2.45) is 11.8 Å². The van der Waals surface area contributed by atoms with Gasteiger partial charge in [-0.25, -0.2) is 0 Å². The van der Waals surface area contributed by atoms with Gasteiger partial charge in [-0.05, 0) is 12.3 Å². The van der Waals surface area contributed by atoms with E-state index >= 15 is 0 Å². The molecule has 0 saturated heterocycles. The summed E-state index contributed by atoms with van der Waals surface area (Å²) in [7, 11) is 0. The third-order valence-electron chi connectivity index (χ3n) is 2.89. The zero-order chi connectivity index (χ0) is 12.6. The monoisotopic (exact) mass is 250 g/mol. The second kappa shape index (κ2) is 4.43. The Kier molecular flexibility index (Phi) is 3.76. The minimum atomic E-state index is -5.44. The van der Waals surface area contributed by atoms with Gasteiger partial charge in [0, 0.05) is 0 Å². The van der Waals surface area contributed by atoms with E-state index in [-0.39, 0.29) is 5.92 Å². The van der Waals surface area contributed by atoms with E-state index in [1.54, 1.807) is 0 Å². The van der Waals surface area contributed by atoms with Crippen molar-refractivity contribution < 1.29 is 31.4 Å². The lowest BCUT2D eigenvalue weighted by Gasteiger charge is -2.32. The van der Waals surface area contributed by atoms with Crippen LogP contribution in [0, 0.1) is 11.8 Å². The summed E-state index contributed by atoms with van der Waals surface area (Å²) < 4.78 is 73.0. The van der Waals surface area contributed by atoms with Gasteiger partial charge in [0.1, 0.15) is 0 Å². The van der Waals surface area contributed by atoms with Gasteiger partial charge in [0.05, 0.1) is 6.10 Å². The van der Waals surface area contributed by atoms with E-state index in [0.717, 1.165) is 6.42 Å². The van der Waals surface area contributed by atoms with Crippen LogP contribution in [0.5, 0.6) is 0 Å². The summed E-state index contributed by atoms with van der Waals surface area (Å²) in [5, 5.41) is 9.08. The number of halogens is 6. The molecule has 1 rings (SSSR count). The molecule has 1 aliphatic carbocycles. The minimum absolute atomic E-state index is 0.206. The van der Waals surface area contributed by atoms with Crippen LogP contribution in [0.25, 0.3) is 0 Å². The molecule has 16 heavy (non-hydrogen) atoms. The molecule has 0 bridgehead atoms. The molecule has 0 heterocycles. The molecule has 0 aliphatic heterocycles. The Morgan fingerprint density at radius 1 is 1.00 bits per heavy atom. The molecular weight excluding hydrogens is 238 g/mol. The van der Waals surface area contributed by atoms with E-state index in [1.807, 2.05) is 0 Å². The Bertz CT molecular complexity index is 215. The second-order valence-electron chi connectivity index (χ2n) is 4.16. The summed E-state index contributed by atoms with van der Waals surface area (Å²) in [5.41, 5.74) is 0. The Hall–Kier alpha value is -0.460. The average molecular weight is 250 g/mol. The summed E-state index contributed by atoms with van der Waals surface area (Å²) in [6.07, 6.45) is -11.7. The van der Waals surface area contributed by atoms with Gasteiger partial charge in [-0.1, -0.05) is 19.3 Å². The molecule has 1 N–H and O–H groups in total. The fourth-order valence-corrected chi connectivity index (χ4v) is 1.83. The van der Waals surface area contributed by atoms with Crippen LogP contribution in [0.1, 0.15) is 25.7 Å². The lowest BCUT2D eigenvalue weighted by atomic mass is 9.79. The molecule has 1 unspecified atom stereocenters. The maximum absolute atomic E-state index is 12.2. The number of aliphatic hydroxyl groups excluding tert-OH is 1. The highest BCUT2D eigenvalue weighted by molar-refractivity contribution is 4.85. The fourth-order valence-electron chi connectivity index (χ4n) is 1.83. The first-order valence-electron chi connectivity index (χ1n) is 4.94. The lowest BCUT2D eigenvalue weighted by Crippen LogP contribution is -2.45. The summed E-state index contributed by atoms with van der Waals surface area (Å²) in [6, 6.07) is 0. The number of aliphatic hydroxyl groups is 1. The summed E-state index contributed by atoms with van der Waals surface area (Å²) in [5.74, 6) is -3.83. The lowest BCUT2D eigenvalue weighted by molar-refractivity contribution is -0.307. The molecule has 0 amide bonds. The first-order chi connectivity index (χ1) is 7.12. The molecule has 0 radical (unpaired) electrons. The van der Waals surface area contributed by atoms with Crippen LogP contribution in [-0.4, -0.2) is 23.6 Å². The summed E-state index contributed by atoms with van der Waals surface area (Å²) >= 11 is 0. The third kappa shape index (κ3) is 3.26. The predicted octanol–water partition coefficient (Wildman–Crippen LogP) is 3.28. The third-order valence-corrected chi connectivity index (χ3v) is 2.89. The number of rotatable bonds is 3. The Labute approximate surface area is 88.4 Å². The van der Waals surface area contributed by atoms with Gasteiger partial charge in [0.15, 0.2) is 5.92 Å². The maximum Gasteiger partial charge on any atom is 0.403 e. The van der Waals surface area contributed by atoms with Crippen molar-refractivity contribution in [2.75, 3.05) is 0 Å². The number of alkyl halides is 6. The molecular formula is C9H12F6O.